The van der Waals surface area contributed by atoms with Crippen molar-refractivity contribution in [3.63, 3.8) is 0 Å². The summed E-state index contributed by atoms with van der Waals surface area (Å²) in [6.07, 6.45) is 1.18. The average molecular weight is 377 g/mol. The first-order valence-electron chi connectivity index (χ1n) is 9.21. The van der Waals surface area contributed by atoms with Gasteiger partial charge in [-0.3, -0.25) is 0 Å². The Morgan fingerprint density at radius 1 is 1.18 bits per heavy atom. The maximum Gasteiger partial charge on any atom is 0.338 e. The summed E-state index contributed by atoms with van der Waals surface area (Å²) in [7, 11) is 0. The summed E-state index contributed by atoms with van der Waals surface area (Å²) in [5, 5.41) is 13.3. The molecule has 6 nitrogen and oxygen atoms in total. The molecular formula is C22H23N3O3. The fourth-order valence-corrected chi connectivity index (χ4v) is 2.84. The van der Waals surface area contributed by atoms with Gasteiger partial charge in [0.25, 0.3) is 0 Å². The molecule has 0 aliphatic heterocycles. The highest BCUT2D eigenvalue weighted by atomic mass is 16.6. The normalized spacial score (nSPS) is 11.9. The number of aromatic amines is 1. The maximum atomic E-state index is 12.4. The van der Waals surface area contributed by atoms with Crippen LogP contribution in [0.5, 0.6) is 5.75 Å². The summed E-state index contributed by atoms with van der Waals surface area (Å²) in [5.74, 6) is 0.193. The number of aromatic nitrogens is 1. The minimum Gasteiger partial charge on any atom is -0.489 e. The van der Waals surface area contributed by atoms with E-state index in [4.69, 9.17) is 9.47 Å². The number of nitriles is 1. The van der Waals surface area contributed by atoms with Gasteiger partial charge in [-0.15, -0.1) is 0 Å². The molecule has 2 N–H and O–H groups in total. The van der Waals surface area contributed by atoms with Crippen molar-refractivity contribution in [2.45, 2.75) is 26.0 Å². The zero-order chi connectivity index (χ0) is 19.9. The summed E-state index contributed by atoms with van der Waals surface area (Å²) in [5.41, 5.74) is 1.84. The van der Waals surface area contributed by atoms with E-state index in [0.717, 1.165) is 10.9 Å². The predicted molar refractivity (Wildman–Crippen MR) is 107 cm³/mol. The molecule has 28 heavy (non-hydrogen) atoms. The number of carbonyl (C=O) groups excluding carboxylic acids is 1. The van der Waals surface area contributed by atoms with Gasteiger partial charge in [-0.25, -0.2) is 4.79 Å². The van der Waals surface area contributed by atoms with E-state index in [1.165, 1.54) is 0 Å². The van der Waals surface area contributed by atoms with Crippen molar-refractivity contribution in [3.8, 4) is 11.8 Å². The maximum absolute atomic E-state index is 12.4. The molecule has 6 heteroatoms. The molecule has 1 atom stereocenters. The first kappa shape index (κ1) is 19.5. The van der Waals surface area contributed by atoms with Gasteiger partial charge in [0.1, 0.15) is 24.5 Å². The number of nitrogens with zero attached hydrogens (tertiary/aromatic N) is 1. The molecule has 0 fully saturated rings. The molecule has 2 aromatic carbocycles. The minimum absolute atomic E-state index is 0.174. The first-order valence-corrected chi connectivity index (χ1v) is 9.21. The lowest BCUT2D eigenvalue weighted by Gasteiger charge is -2.21. The van der Waals surface area contributed by atoms with Crippen LogP contribution in [-0.2, 0) is 4.74 Å². The fraction of sp³-hybridized carbons (Fsp3) is 0.273. The van der Waals surface area contributed by atoms with Crippen molar-refractivity contribution in [1.82, 2.24) is 10.3 Å². The Hall–Kier alpha value is -3.30. The van der Waals surface area contributed by atoms with Crippen molar-refractivity contribution < 1.29 is 14.3 Å². The molecule has 144 valence electrons. The Kier molecular flexibility index (Phi) is 6.30. The lowest BCUT2D eigenvalue weighted by molar-refractivity contribution is 0.0174. The second-order valence-electron chi connectivity index (χ2n) is 6.76. The van der Waals surface area contributed by atoms with Gasteiger partial charge in [-0.2, -0.15) is 5.26 Å². The average Bonchev–Trinajstić information content (AvgIpc) is 3.14. The number of rotatable bonds is 8. The van der Waals surface area contributed by atoms with Crippen LogP contribution in [-0.4, -0.2) is 36.3 Å². The Morgan fingerprint density at radius 3 is 2.68 bits per heavy atom. The number of benzene rings is 2. The molecule has 0 bridgehead atoms. The second kappa shape index (κ2) is 9.07. The van der Waals surface area contributed by atoms with Gasteiger partial charge in [-0.05, 0) is 24.3 Å². The van der Waals surface area contributed by atoms with Crippen molar-refractivity contribution in [1.29, 1.82) is 5.26 Å². The highest BCUT2D eigenvalue weighted by molar-refractivity contribution is 5.91. The Bertz CT molecular complexity index is 974. The van der Waals surface area contributed by atoms with Crippen LogP contribution >= 0.6 is 0 Å². The third kappa shape index (κ3) is 4.70. The smallest absolute Gasteiger partial charge is 0.338 e. The standard InChI is InChI=1S/C22H23N3O3/c1-15(2)24-13-18(28-22(26)16-7-4-3-5-8-16)14-27-20-10-6-9-19-21(20)17(11-23)12-25-19/h3-10,12,15,18,24-25H,13-14H2,1-2H3. The molecule has 0 saturated carbocycles. The van der Waals surface area contributed by atoms with E-state index < -0.39 is 12.1 Å². The van der Waals surface area contributed by atoms with Crippen molar-refractivity contribution in [3.05, 3.63) is 65.9 Å². The highest BCUT2D eigenvalue weighted by Crippen LogP contribution is 2.28. The van der Waals surface area contributed by atoms with Gasteiger partial charge in [0.2, 0.25) is 0 Å². The van der Waals surface area contributed by atoms with Crippen LogP contribution < -0.4 is 10.1 Å². The summed E-state index contributed by atoms with van der Waals surface area (Å²) in [4.78, 5) is 15.5. The molecule has 1 heterocycles. The number of fused-ring (bicyclic) bond motifs is 1. The fourth-order valence-electron chi connectivity index (χ4n) is 2.84. The zero-order valence-corrected chi connectivity index (χ0v) is 15.9. The van der Waals surface area contributed by atoms with Crippen LogP contribution in [0.15, 0.2) is 54.7 Å². The Labute approximate surface area is 164 Å². The van der Waals surface area contributed by atoms with Gasteiger partial charge >= 0.3 is 5.97 Å². The molecule has 0 amide bonds. The van der Waals surface area contributed by atoms with Crippen LogP contribution in [0, 0.1) is 11.3 Å². The van der Waals surface area contributed by atoms with E-state index in [2.05, 4.69) is 16.4 Å². The molecule has 1 unspecified atom stereocenters. The number of hydrogen-bond donors (Lipinski definition) is 2. The van der Waals surface area contributed by atoms with Gasteiger partial charge in [0, 0.05) is 18.8 Å². The number of esters is 1. The topological polar surface area (TPSA) is 87.1 Å². The van der Waals surface area contributed by atoms with E-state index in [9.17, 15) is 10.1 Å². The van der Waals surface area contributed by atoms with Crippen LogP contribution in [0.25, 0.3) is 10.9 Å². The summed E-state index contributed by atoms with van der Waals surface area (Å²) in [6, 6.07) is 16.8. The second-order valence-corrected chi connectivity index (χ2v) is 6.76. The molecule has 1 aromatic heterocycles. The lowest BCUT2D eigenvalue weighted by atomic mass is 10.1. The van der Waals surface area contributed by atoms with Crippen molar-refractivity contribution in [2.24, 2.45) is 0 Å². The molecule has 3 rings (SSSR count). The van der Waals surface area contributed by atoms with Crippen molar-refractivity contribution >= 4 is 16.9 Å². The van der Waals surface area contributed by atoms with Crippen molar-refractivity contribution in [2.75, 3.05) is 13.2 Å². The van der Waals surface area contributed by atoms with E-state index in [-0.39, 0.29) is 12.6 Å². The molecule has 0 aliphatic carbocycles. The monoisotopic (exact) mass is 377 g/mol. The number of hydrogen-bond acceptors (Lipinski definition) is 5. The van der Waals surface area contributed by atoms with Gasteiger partial charge in [-0.1, -0.05) is 38.1 Å². The quantitative estimate of drug-likeness (QED) is 0.585. The van der Waals surface area contributed by atoms with Crippen LogP contribution in [0.2, 0.25) is 0 Å². The lowest BCUT2D eigenvalue weighted by Crippen LogP contribution is -2.38. The summed E-state index contributed by atoms with van der Waals surface area (Å²) < 4.78 is 11.6. The molecule has 0 radical (unpaired) electrons. The SMILES string of the molecule is CC(C)NCC(COc1cccc2[nH]cc(C#N)c12)OC(=O)c1ccccc1. The first-order chi connectivity index (χ1) is 13.6. The van der Waals surface area contributed by atoms with Crippen LogP contribution in [0.3, 0.4) is 0 Å². The molecule has 0 spiro atoms. The Morgan fingerprint density at radius 2 is 1.96 bits per heavy atom. The van der Waals surface area contributed by atoms with Crippen LogP contribution in [0.1, 0.15) is 29.8 Å². The van der Waals surface area contributed by atoms with Gasteiger partial charge in [0.15, 0.2) is 0 Å². The van der Waals surface area contributed by atoms with Crippen LogP contribution in [0.4, 0.5) is 0 Å². The molecule has 3 aromatic rings. The minimum atomic E-state index is -0.477. The predicted octanol–water partition coefficient (Wildman–Crippen LogP) is 3.64. The zero-order valence-electron chi connectivity index (χ0n) is 15.9. The van der Waals surface area contributed by atoms with E-state index in [1.807, 2.05) is 38.1 Å². The summed E-state index contributed by atoms with van der Waals surface area (Å²) in [6.45, 7) is 4.69. The van der Waals surface area contributed by atoms with E-state index in [0.29, 0.717) is 23.4 Å². The Balaban J connectivity index is 1.74. The largest absolute Gasteiger partial charge is 0.489 e. The third-order valence-electron chi connectivity index (χ3n) is 4.25. The van der Waals surface area contributed by atoms with E-state index >= 15 is 0 Å². The summed E-state index contributed by atoms with van der Waals surface area (Å²) >= 11 is 0. The van der Waals surface area contributed by atoms with Gasteiger partial charge in [0.05, 0.1) is 22.0 Å². The molecule has 0 saturated heterocycles. The molecular weight excluding hydrogens is 354 g/mol. The van der Waals surface area contributed by atoms with Gasteiger partial charge < -0.3 is 19.8 Å². The number of carbonyl (C=O) groups is 1. The molecule has 0 aliphatic rings. The number of H-pyrrole nitrogens is 1. The van der Waals surface area contributed by atoms with E-state index in [1.54, 1.807) is 30.5 Å². The number of nitrogens with one attached hydrogen (secondary N) is 2. The third-order valence-corrected chi connectivity index (χ3v) is 4.25. The highest BCUT2D eigenvalue weighted by Gasteiger charge is 2.18. The number of ether oxygens (including phenoxy) is 2.